The molecule has 0 bridgehead atoms. The second kappa shape index (κ2) is 8.65. The fourth-order valence-corrected chi connectivity index (χ4v) is 3.89. The van der Waals surface area contributed by atoms with Crippen molar-refractivity contribution < 1.29 is 8.42 Å². The number of hydrogen-bond donors (Lipinski definition) is 1. The molecule has 0 aliphatic carbocycles. The number of aromatic nitrogens is 5. The van der Waals surface area contributed by atoms with Gasteiger partial charge in [-0.25, -0.2) is 18.4 Å². The van der Waals surface area contributed by atoms with Crippen LogP contribution in [-0.2, 0) is 9.84 Å². The van der Waals surface area contributed by atoms with Gasteiger partial charge in [-0.2, -0.15) is 4.98 Å². The molecule has 1 N–H and O–H groups in total. The minimum atomic E-state index is -3.33. The number of anilines is 1. The van der Waals surface area contributed by atoms with Crippen molar-refractivity contribution in [2.75, 3.05) is 11.1 Å². The van der Waals surface area contributed by atoms with Gasteiger partial charge in [-0.3, -0.25) is 14.3 Å². The first-order valence-corrected chi connectivity index (χ1v) is 11.6. The van der Waals surface area contributed by atoms with Crippen LogP contribution in [0.3, 0.4) is 0 Å². The molecule has 0 saturated carbocycles. The predicted molar refractivity (Wildman–Crippen MR) is 116 cm³/mol. The van der Waals surface area contributed by atoms with Crippen LogP contribution in [0.2, 0.25) is 5.28 Å². The SMILES string of the molecule is CC[C@@H](C)n1c(=O)c(N[C@H](C)c2ccc(S(=O)(=O)CC)cn2)nc2cnc(Cl)nc21. The Hall–Kier alpha value is -2.59. The lowest BCUT2D eigenvalue weighted by atomic mass is 10.2. The second-order valence-corrected chi connectivity index (χ2v) is 9.55. The van der Waals surface area contributed by atoms with Crippen LogP contribution in [0.25, 0.3) is 11.2 Å². The van der Waals surface area contributed by atoms with Crippen molar-refractivity contribution >= 4 is 38.4 Å². The third-order valence-electron chi connectivity index (χ3n) is 4.93. The summed E-state index contributed by atoms with van der Waals surface area (Å²) >= 11 is 5.92. The standard InChI is InChI=1S/C19H23ClN6O3S/c1-5-11(3)26-17-15(10-22-19(20)25-17)24-16(18(26)27)23-12(4)14-8-7-13(9-21-14)30(28,29)6-2/h7-12H,5-6H2,1-4H3,(H,23,24)/t11-,12-/m1/s1. The summed E-state index contributed by atoms with van der Waals surface area (Å²) in [5.74, 6) is 0.137. The maximum Gasteiger partial charge on any atom is 0.295 e. The van der Waals surface area contributed by atoms with Crippen LogP contribution in [0.4, 0.5) is 5.82 Å². The van der Waals surface area contributed by atoms with E-state index in [1.165, 1.54) is 18.5 Å². The minimum absolute atomic E-state index is 0.00405. The summed E-state index contributed by atoms with van der Waals surface area (Å²) in [6, 6.07) is 2.62. The maximum absolute atomic E-state index is 13.1. The Bertz CT molecular complexity index is 1230. The highest BCUT2D eigenvalue weighted by molar-refractivity contribution is 7.91. The lowest BCUT2D eigenvalue weighted by Crippen LogP contribution is -2.29. The van der Waals surface area contributed by atoms with E-state index >= 15 is 0 Å². The minimum Gasteiger partial charge on any atom is -0.357 e. The Morgan fingerprint density at radius 3 is 2.47 bits per heavy atom. The summed E-state index contributed by atoms with van der Waals surface area (Å²) in [6.07, 6.45) is 3.51. The molecule has 9 nitrogen and oxygen atoms in total. The van der Waals surface area contributed by atoms with Crippen LogP contribution in [0.15, 0.2) is 34.2 Å². The van der Waals surface area contributed by atoms with Crippen LogP contribution in [0.5, 0.6) is 0 Å². The highest BCUT2D eigenvalue weighted by atomic mass is 35.5. The Morgan fingerprint density at radius 1 is 1.13 bits per heavy atom. The first kappa shape index (κ1) is 22.1. The molecule has 0 amide bonds. The molecule has 3 aromatic heterocycles. The molecule has 30 heavy (non-hydrogen) atoms. The molecular formula is C19H23ClN6O3S. The molecular weight excluding hydrogens is 428 g/mol. The molecule has 0 unspecified atom stereocenters. The van der Waals surface area contributed by atoms with Gasteiger partial charge < -0.3 is 5.32 Å². The van der Waals surface area contributed by atoms with E-state index in [0.29, 0.717) is 23.3 Å². The van der Waals surface area contributed by atoms with E-state index in [9.17, 15) is 13.2 Å². The van der Waals surface area contributed by atoms with Gasteiger partial charge in [0.15, 0.2) is 21.3 Å². The zero-order chi connectivity index (χ0) is 22.1. The summed E-state index contributed by atoms with van der Waals surface area (Å²) in [6.45, 7) is 7.28. The average molecular weight is 451 g/mol. The second-order valence-electron chi connectivity index (χ2n) is 6.93. The fraction of sp³-hybridized carbons (Fsp3) is 0.421. The zero-order valence-corrected chi connectivity index (χ0v) is 18.7. The Balaban J connectivity index is 2.00. The molecule has 0 spiro atoms. The van der Waals surface area contributed by atoms with Crippen LogP contribution >= 0.6 is 11.6 Å². The quantitative estimate of drug-likeness (QED) is 0.545. The number of nitrogens with one attached hydrogen (secondary N) is 1. The van der Waals surface area contributed by atoms with Gasteiger partial charge in [0, 0.05) is 12.2 Å². The average Bonchev–Trinajstić information content (AvgIpc) is 2.74. The zero-order valence-electron chi connectivity index (χ0n) is 17.1. The molecule has 0 aliphatic heterocycles. The first-order valence-electron chi connectivity index (χ1n) is 9.58. The van der Waals surface area contributed by atoms with E-state index in [2.05, 4.69) is 25.3 Å². The molecule has 0 aromatic carbocycles. The highest BCUT2D eigenvalue weighted by Crippen LogP contribution is 2.21. The van der Waals surface area contributed by atoms with Crippen molar-refractivity contribution in [2.24, 2.45) is 0 Å². The van der Waals surface area contributed by atoms with Gasteiger partial charge in [0.1, 0.15) is 5.52 Å². The Morgan fingerprint density at radius 2 is 1.87 bits per heavy atom. The van der Waals surface area contributed by atoms with E-state index in [1.807, 2.05) is 20.8 Å². The third-order valence-corrected chi connectivity index (χ3v) is 6.83. The molecule has 0 saturated heterocycles. The number of halogens is 1. The fourth-order valence-electron chi connectivity index (χ4n) is 2.94. The van der Waals surface area contributed by atoms with Gasteiger partial charge in [-0.15, -0.1) is 0 Å². The van der Waals surface area contributed by atoms with Crippen LogP contribution in [0.1, 0.15) is 51.9 Å². The lowest BCUT2D eigenvalue weighted by molar-refractivity contribution is 0.526. The van der Waals surface area contributed by atoms with Crippen LogP contribution in [0, 0.1) is 0 Å². The predicted octanol–water partition coefficient (Wildman–Crippen LogP) is 3.17. The van der Waals surface area contributed by atoms with E-state index in [1.54, 1.807) is 17.6 Å². The van der Waals surface area contributed by atoms with Crippen LogP contribution < -0.4 is 10.9 Å². The highest BCUT2D eigenvalue weighted by Gasteiger charge is 2.19. The van der Waals surface area contributed by atoms with Crippen molar-refractivity contribution in [3.05, 3.63) is 45.9 Å². The number of sulfone groups is 1. The topological polar surface area (TPSA) is 120 Å². The van der Waals surface area contributed by atoms with E-state index in [-0.39, 0.29) is 39.4 Å². The molecule has 11 heteroatoms. The van der Waals surface area contributed by atoms with Gasteiger partial charge in [-0.1, -0.05) is 13.8 Å². The van der Waals surface area contributed by atoms with Gasteiger partial charge in [0.05, 0.1) is 28.6 Å². The molecule has 2 atom stereocenters. The van der Waals surface area contributed by atoms with Crippen molar-refractivity contribution in [3.8, 4) is 0 Å². The molecule has 3 heterocycles. The summed E-state index contributed by atoms with van der Waals surface area (Å²) in [5, 5.41) is 3.12. The molecule has 0 radical (unpaired) electrons. The van der Waals surface area contributed by atoms with Crippen molar-refractivity contribution in [3.63, 3.8) is 0 Å². The van der Waals surface area contributed by atoms with E-state index in [4.69, 9.17) is 11.6 Å². The molecule has 3 rings (SSSR count). The number of fused-ring (bicyclic) bond motifs is 1. The number of nitrogens with zero attached hydrogens (tertiary/aromatic N) is 5. The van der Waals surface area contributed by atoms with Gasteiger partial charge in [0.25, 0.3) is 5.56 Å². The first-order chi connectivity index (χ1) is 14.2. The van der Waals surface area contributed by atoms with Crippen LogP contribution in [-0.4, -0.2) is 38.7 Å². The monoisotopic (exact) mass is 450 g/mol. The normalized spacial score (nSPS) is 13.9. The van der Waals surface area contributed by atoms with Crippen molar-refractivity contribution in [1.29, 1.82) is 0 Å². The number of pyridine rings is 1. The summed E-state index contributed by atoms with van der Waals surface area (Å²) < 4.78 is 25.5. The molecule has 3 aromatic rings. The van der Waals surface area contributed by atoms with Gasteiger partial charge >= 0.3 is 0 Å². The molecule has 0 aliphatic rings. The maximum atomic E-state index is 13.1. The van der Waals surface area contributed by atoms with Crippen molar-refractivity contribution in [1.82, 2.24) is 24.5 Å². The van der Waals surface area contributed by atoms with Gasteiger partial charge in [0.2, 0.25) is 5.28 Å². The smallest absolute Gasteiger partial charge is 0.295 e. The number of hydrogen-bond acceptors (Lipinski definition) is 8. The molecule has 160 valence electrons. The van der Waals surface area contributed by atoms with E-state index < -0.39 is 9.84 Å². The van der Waals surface area contributed by atoms with E-state index in [0.717, 1.165) is 0 Å². The lowest BCUT2D eigenvalue weighted by Gasteiger charge is -2.19. The summed E-state index contributed by atoms with van der Waals surface area (Å²) in [7, 11) is -3.33. The Kier molecular flexibility index (Phi) is 6.37. The third kappa shape index (κ3) is 4.29. The Labute approximate surface area is 179 Å². The summed E-state index contributed by atoms with van der Waals surface area (Å²) in [4.78, 5) is 30.1. The van der Waals surface area contributed by atoms with Crippen molar-refractivity contribution in [2.45, 2.75) is 51.1 Å². The molecule has 0 fully saturated rings. The van der Waals surface area contributed by atoms with Gasteiger partial charge in [-0.05, 0) is 44.0 Å². The summed E-state index contributed by atoms with van der Waals surface area (Å²) in [5.41, 5.74) is 1.06. The largest absolute Gasteiger partial charge is 0.357 e. The number of rotatable bonds is 7.